The first-order valence-electron chi connectivity index (χ1n) is 11.6. The summed E-state index contributed by atoms with van der Waals surface area (Å²) in [5.74, 6) is -0.490. The fourth-order valence-corrected chi connectivity index (χ4v) is 5.78. The first kappa shape index (κ1) is 25.3. The molecule has 4 aromatic rings. The van der Waals surface area contributed by atoms with Crippen LogP contribution in [0.25, 0.3) is 6.08 Å². The van der Waals surface area contributed by atoms with Crippen molar-refractivity contribution in [3.05, 3.63) is 132 Å². The molecule has 5 nitrogen and oxygen atoms in total. The third-order valence-corrected chi connectivity index (χ3v) is 8.03. The molecule has 1 unspecified atom stereocenters. The number of halogens is 1. The van der Waals surface area contributed by atoms with Gasteiger partial charge in [-0.15, -0.1) is 11.8 Å². The van der Waals surface area contributed by atoms with E-state index in [-0.39, 0.29) is 12.2 Å². The molecule has 0 spiro atoms. The molecule has 0 N–H and O–H groups in total. The molecule has 0 saturated carbocycles. The fraction of sp³-hybridized carbons (Fsp3) is 0.138. The molecule has 0 amide bonds. The number of esters is 1. The number of nitrogens with zero attached hydrogens (tertiary/aromatic N) is 2. The SMILES string of the molecule is CSc1ccc(C2C(C(=O)OCc3ccccc3)=C(C)N=c3sc(=Cc4ccc(Cl)cc4)c(=O)n32)cc1. The Labute approximate surface area is 227 Å². The third-order valence-electron chi connectivity index (χ3n) is 6.05. The highest BCUT2D eigenvalue weighted by Gasteiger charge is 2.33. The van der Waals surface area contributed by atoms with Crippen LogP contribution in [0.3, 0.4) is 0 Å². The average Bonchev–Trinajstić information content (AvgIpc) is 3.22. The zero-order chi connectivity index (χ0) is 25.9. The van der Waals surface area contributed by atoms with Crippen LogP contribution in [0.1, 0.15) is 29.7 Å². The van der Waals surface area contributed by atoms with Crippen molar-refractivity contribution in [1.82, 2.24) is 4.57 Å². The molecule has 37 heavy (non-hydrogen) atoms. The molecular formula is C29H23ClN2O3S2. The van der Waals surface area contributed by atoms with Gasteiger partial charge in [0.1, 0.15) is 6.61 Å². The summed E-state index contributed by atoms with van der Waals surface area (Å²) < 4.78 is 7.84. The predicted molar refractivity (Wildman–Crippen MR) is 150 cm³/mol. The summed E-state index contributed by atoms with van der Waals surface area (Å²) >= 11 is 8.95. The minimum absolute atomic E-state index is 0.134. The highest BCUT2D eigenvalue weighted by Crippen LogP contribution is 2.32. The van der Waals surface area contributed by atoms with Crippen molar-refractivity contribution < 1.29 is 9.53 Å². The lowest BCUT2D eigenvalue weighted by Crippen LogP contribution is -2.39. The van der Waals surface area contributed by atoms with Gasteiger partial charge in [-0.3, -0.25) is 9.36 Å². The Morgan fingerprint density at radius 1 is 1.08 bits per heavy atom. The van der Waals surface area contributed by atoms with Gasteiger partial charge in [0, 0.05) is 9.92 Å². The fourth-order valence-electron chi connectivity index (χ4n) is 4.20. The van der Waals surface area contributed by atoms with Gasteiger partial charge < -0.3 is 4.74 Å². The van der Waals surface area contributed by atoms with E-state index in [1.807, 2.05) is 79.1 Å². The van der Waals surface area contributed by atoms with Crippen molar-refractivity contribution in [2.75, 3.05) is 6.26 Å². The molecule has 0 aliphatic carbocycles. The Hall–Kier alpha value is -3.39. The van der Waals surface area contributed by atoms with Crippen LogP contribution < -0.4 is 14.9 Å². The Morgan fingerprint density at radius 2 is 1.78 bits per heavy atom. The van der Waals surface area contributed by atoms with Gasteiger partial charge in [0.2, 0.25) is 0 Å². The van der Waals surface area contributed by atoms with Crippen molar-refractivity contribution >= 4 is 46.7 Å². The average molecular weight is 547 g/mol. The van der Waals surface area contributed by atoms with E-state index in [1.54, 1.807) is 35.4 Å². The van der Waals surface area contributed by atoms with Crippen LogP contribution in [-0.4, -0.2) is 16.8 Å². The first-order valence-corrected chi connectivity index (χ1v) is 14.0. The number of thioether (sulfide) groups is 1. The number of hydrogen-bond donors (Lipinski definition) is 0. The molecule has 1 atom stereocenters. The standard InChI is InChI=1S/C29H23ClN2O3S2/c1-18-25(28(34)35-17-20-6-4-3-5-7-20)26(21-10-14-23(36-2)15-11-21)32-27(33)24(37-29(32)31-18)16-19-8-12-22(30)13-9-19/h3-16,26H,17H2,1-2H3. The normalized spacial score (nSPS) is 15.3. The summed E-state index contributed by atoms with van der Waals surface area (Å²) in [7, 11) is 0. The second-order valence-electron chi connectivity index (χ2n) is 8.47. The summed E-state index contributed by atoms with van der Waals surface area (Å²) in [6.45, 7) is 1.92. The number of hydrogen-bond acceptors (Lipinski definition) is 6. The van der Waals surface area contributed by atoms with Crippen LogP contribution in [0.2, 0.25) is 5.02 Å². The van der Waals surface area contributed by atoms with Gasteiger partial charge in [-0.2, -0.15) is 0 Å². The van der Waals surface area contributed by atoms with Gasteiger partial charge in [0.05, 0.1) is 21.8 Å². The quantitative estimate of drug-likeness (QED) is 0.241. The van der Waals surface area contributed by atoms with Gasteiger partial charge in [0.25, 0.3) is 5.56 Å². The zero-order valence-corrected chi connectivity index (χ0v) is 22.6. The summed E-state index contributed by atoms with van der Waals surface area (Å²) in [5.41, 5.74) is 3.25. The molecule has 8 heteroatoms. The number of aromatic nitrogens is 1. The van der Waals surface area contributed by atoms with Gasteiger partial charge in [-0.05, 0) is 60.2 Å². The molecule has 0 radical (unpaired) electrons. The van der Waals surface area contributed by atoms with Crippen LogP contribution in [0.15, 0.2) is 105 Å². The van der Waals surface area contributed by atoms with E-state index in [0.29, 0.717) is 25.6 Å². The van der Waals surface area contributed by atoms with Crippen LogP contribution in [-0.2, 0) is 16.1 Å². The van der Waals surface area contributed by atoms with Crippen molar-refractivity contribution in [3.8, 4) is 0 Å². The maximum atomic E-state index is 13.7. The van der Waals surface area contributed by atoms with E-state index in [2.05, 4.69) is 4.99 Å². The largest absolute Gasteiger partial charge is 0.457 e. The Bertz CT molecular complexity index is 1660. The Balaban J connectivity index is 1.61. The summed E-state index contributed by atoms with van der Waals surface area (Å²) in [5, 5.41) is 0.626. The van der Waals surface area contributed by atoms with Gasteiger partial charge in [-0.25, -0.2) is 9.79 Å². The van der Waals surface area contributed by atoms with E-state index in [9.17, 15) is 9.59 Å². The number of ether oxygens (including phenoxy) is 1. The first-order chi connectivity index (χ1) is 17.9. The van der Waals surface area contributed by atoms with Gasteiger partial charge in [0.15, 0.2) is 4.80 Å². The maximum Gasteiger partial charge on any atom is 0.338 e. The van der Waals surface area contributed by atoms with Gasteiger partial charge >= 0.3 is 5.97 Å². The van der Waals surface area contributed by atoms with Crippen LogP contribution in [0.5, 0.6) is 0 Å². The smallest absolute Gasteiger partial charge is 0.338 e. The molecule has 3 aromatic carbocycles. The Kier molecular flexibility index (Phi) is 7.46. The minimum atomic E-state index is -0.650. The van der Waals surface area contributed by atoms with Crippen molar-refractivity contribution in [2.45, 2.75) is 24.5 Å². The highest BCUT2D eigenvalue weighted by atomic mass is 35.5. The van der Waals surface area contributed by atoms with Crippen LogP contribution in [0, 0.1) is 0 Å². The molecule has 5 rings (SSSR count). The Morgan fingerprint density at radius 3 is 2.46 bits per heavy atom. The zero-order valence-electron chi connectivity index (χ0n) is 20.2. The molecule has 1 aromatic heterocycles. The van der Waals surface area contributed by atoms with Crippen molar-refractivity contribution in [1.29, 1.82) is 0 Å². The van der Waals surface area contributed by atoms with E-state index in [1.165, 1.54) is 11.3 Å². The number of carbonyl (C=O) groups is 1. The lowest BCUT2D eigenvalue weighted by atomic mass is 9.96. The lowest BCUT2D eigenvalue weighted by molar-refractivity contribution is -0.140. The van der Waals surface area contributed by atoms with Crippen LogP contribution in [0.4, 0.5) is 0 Å². The van der Waals surface area contributed by atoms with Crippen molar-refractivity contribution in [3.63, 3.8) is 0 Å². The maximum absolute atomic E-state index is 13.7. The molecule has 0 saturated heterocycles. The number of fused-ring (bicyclic) bond motifs is 1. The summed E-state index contributed by atoms with van der Waals surface area (Å²) in [4.78, 5) is 33.5. The molecule has 1 aliphatic heterocycles. The molecule has 1 aliphatic rings. The molecule has 0 fully saturated rings. The minimum Gasteiger partial charge on any atom is -0.457 e. The number of allylic oxidation sites excluding steroid dienone is 1. The van der Waals surface area contributed by atoms with E-state index < -0.39 is 12.0 Å². The van der Waals surface area contributed by atoms with Crippen LogP contribution >= 0.6 is 34.7 Å². The number of benzene rings is 3. The molecule has 0 bridgehead atoms. The number of rotatable bonds is 6. The molecule has 2 heterocycles. The summed E-state index contributed by atoms with van der Waals surface area (Å²) in [6, 6.07) is 24.0. The second-order valence-corrected chi connectivity index (χ2v) is 10.8. The monoisotopic (exact) mass is 546 g/mol. The molecule has 186 valence electrons. The predicted octanol–water partition coefficient (Wildman–Crippen LogP) is 5.35. The van der Waals surface area contributed by atoms with E-state index >= 15 is 0 Å². The topological polar surface area (TPSA) is 60.7 Å². The van der Waals surface area contributed by atoms with E-state index in [0.717, 1.165) is 21.6 Å². The number of carbonyl (C=O) groups excluding carboxylic acids is 1. The third kappa shape index (κ3) is 5.34. The van der Waals surface area contributed by atoms with Gasteiger partial charge in [-0.1, -0.05) is 77.5 Å². The number of thiazole rings is 1. The molecular weight excluding hydrogens is 524 g/mol. The second kappa shape index (κ2) is 10.9. The van der Waals surface area contributed by atoms with E-state index in [4.69, 9.17) is 16.3 Å². The summed E-state index contributed by atoms with van der Waals surface area (Å²) in [6.07, 6.45) is 3.83. The van der Waals surface area contributed by atoms with Crippen molar-refractivity contribution in [2.24, 2.45) is 4.99 Å². The lowest BCUT2D eigenvalue weighted by Gasteiger charge is -2.25. The highest BCUT2D eigenvalue weighted by molar-refractivity contribution is 7.98.